The highest BCUT2D eigenvalue weighted by Gasteiger charge is 2.16. The van der Waals surface area contributed by atoms with Crippen molar-refractivity contribution in [3.8, 4) is 0 Å². The van der Waals surface area contributed by atoms with Crippen LogP contribution in [-0.4, -0.2) is 14.3 Å². The number of hydrogen-bond acceptors (Lipinski definition) is 3. The molecule has 0 aromatic heterocycles. The normalized spacial score (nSPS) is 11.2. The Kier molecular flexibility index (Phi) is 5.95. The first-order valence-corrected chi connectivity index (χ1v) is 10.7. The highest BCUT2D eigenvalue weighted by atomic mass is 32.2. The fourth-order valence-corrected chi connectivity index (χ4v) is 4.41. The number of aryl methyl sites for hydroxylation is 2. The monoisotopic (exact) mass is 393 g/mol. The Morgan fingerprint density at radius 3 is 2.36 bits per heavy atom. The van der Waals surface area contributed by atoms with E-state index >= 15 is 0 Å². The minimum absolute atomic E-state index is 0.144. The summed E-state index contributed by atoms with van der Waals surface area (Å²) in [5.74, 6) is -0.367. The number of amides is 1. The third-order valence-electron chi connectivity index (χ3n) is 4.59. The van der Waals surface area contributed by atoms with E-state index in [-0.39, 0.29) is 16.6 Å². The van der Waals surface area contributed by atoms with Gasteiger partial charge in [0.1, 0.15) is 0 Å². The van der Waals surface area contributed by atoms with Crippen molar-refractivity contribution in [3.63, 3.8) is 0 Å². The Morgan fingerprint density at radius 1 is 0.893 bits per heavy atom. The van der Waals surface area contributed by atoms with Gasteiger partial charge in [-0.15, -0.1) is 0 Å². The molecule has 0 aliphatic rings. The molecule has 5 heteroatoms. The van der Waals surface area contributed by atoms with Crippen LogP contribution < -0.4 is 5.32 Å². The molecule has 0 atom stereocenters. The van der Waals surface area contributed by atoms with Crippen LogP contribution in [0, 0.1) is 13.8 Å². The first-order chi connectivity index (χ1) is 13.3. The van der Waals surface area contributed by atoms with Crippen LogP contribution in [0.2, 0.25) is 0 Å². The van der Waals surface area contributed by atoms with Gasteiger partial charge in [-0.05, 0) is 54.8 Å². The van der Waals surface area contributed by atoms with E-state index in [0.29, 0.717) is 17.7 Å². The molecule has 144 valence electrons. The third-order valence-corrected chi connectivity index (χ3v) is 6.29. The molecular weight excluding hydrogens is 370 g/mol. The van der Waals surface area contributed by atoms with Crippen molar-refractivity contribution in [2.24, 2.45) is 0 Å². The average molecular weight is 394 g/mol. The standard InChI is InChI=1S/C23H23NO3S/c1-17-11-12-21(18(2)13-17)15-24-23(25)20-8-6-7-19(14-20)16-28(26,27)22-9-4-3-5-10-22/h3-14H,15-16H2,1-2H3,(H,24,25). The molecule has 4 nitrogen and oxygen atoms in total. The van der Waals surface area contributed by atoms with Crippen molar-refractivity contribution in [3.05, 3.63) is 101 Å². The van der Waals surface area contributed by atoms with Gasteiger partial charge in [-0.1, -0.05) is 54.1 Å². The van der Waals surface area contributed by atoms with Crippen molar-refractivity contribution in [2.45, 2.75) is 31.0 Å². The van der Waals surface area contributed by atoms with Crippen molar-refractivity contribution in [1.82, 2.24) is 5.32 Å². The number of benzene rings is 3. The summed E-state index contributed by atoms with van der Waals surface area (Å²) in [5.41, 5.74) is 4.40. The molecule has 0 aliphatic carbocycles. The van der Waals surface area contributed by atoms with Gasteiger partial charge in [0, 0.05) is 12.1 Å². The number of nitrogens with one attached hydrogen (secondary N) is 1. The zero-order valence-electron chi connectivity index (χ0n) is 16.0. The zero-order valence-corrected chi connectivity index (χ0v) is 16.8. The van der Waals surface area contributed by atoms with Crippen LogP contribution in [0.25, 0.3) is 0 Å². The van der Waals surface area contributed by atoms with E-state index in [0.717, 1.165) is 11.1 Å². The Labute approximate surface area is 166 Å². The molecule has 0 saturated carbocycles. The number of carbonyl (C=O) groups is 1. The summed E-state index contributed by atoms with van der Waals surface area (Å²) < 4.78 is 25.1. The Hall–Kier alpha value is -2.92. The van der Waals surface area contributed by atoms with Crippen molar-refractivity contribution in [1.29, 1.82) is 0 Å². The van der Waals surface area contributed by atoms with Gasteiger partial charge < -0.3 is 5.32 Å². The molecule has 1 N–H and O–H groups in total. The Balaban J connectivity index is 1.71. The molecule has 0 fully saturated rings. The SMILES string of the molecule is Cc1ccc(CNC(=O)c2cccc(CS(=O)(=O)c3ccccc3)c2)c(C)c1. The second-order valence-electron chi connectivity index (χ2n) is 6.89. The lowest BCUT2D eigenvalue weighted by atomic mass is 10.1. The zero-order chi connectivity index (χ0) is 20.1. The van der Waals surface area contributed by atoms with Gasteiger partial charge in [-0.2, -0.15) is 0 Å². The highest BCUT2D eigenvalue weighted by molar-refractivity contribution is 7.90. The molecule has 0 bridgehead atoms. The third kappa shape index (κ3) is 4.87. The molecule has 1 amide bonds. The largest absolute Gasteiger partial charge is 0.348 e. The lowest BCUT2D eigenvalue weighted by molar-refractivity contribution is 0.0950. The van der Waals surface area contributed by atoms with E-state index in [1.165, 1.54) is 5.56 Å². The van der Waals surface area contributed by atoms with Crippen LogP contribution in [0.5, 0.6) is 0 Å². The molecule has 3 aromatic rings. The predicted octanol–water partition coefficient (Wildman–Crippen LogP) is 4.21. The first-order valence-electron chi connectivity index (χ1n) is 9.06. The first kappa shape index (κ1) is 19.8. The van der Waals surface area contributed by atoms with Crippen LogP contribution in [0.3, 0.4) is 0 Å². The second-order valence-corrected chi connectivity index (χ2v) is 8.87. The second kappa shape index (κ2) is 8.40. The molecule has 0 saturated heterocycles. The number of rotatable bonds is 6. The van der Waals surface area contributed by atoms with E-state index < -0.39 is 9.84 Å². The van der Waals surface area contributed by atoms with Gasteiger partial charge in [0.25, 0.3) is 5.91 Å². The van der Waals surface area contributed by atoms with Crippen molar-refractivity contribution in [2.75, 3.05) is 0 Å². The highest BCUT2D eigenvalue weighted by Crippen LogP contribution is 2.17. The maximum atomic E-state index is 12.6. The van der Waals surface area contributed by atoms with Crippen molar-refractivity contribution < 1.29 is 13.2 Å². The molecule has 0 aliphatic heterocycles. The molecule has 0 unspecified atom stereocenters. The summed E-state index contributed by atoms with van der Waals surface area (Å²) in [6, 6.07) is 21.2. The number of hydrogen-bond donors (Lipinski definition) is 1. The number of carbonyl (C=O) groups excluding carboxylic acids is 1. The van der Waals surface area contributed by atoms with Crippen LogP contribution in [0.4, 0.5) is 0 Å². The van der Waals surface area contributed by atoms with Gasteiger partial charge in [0.15, 0.2) is 9.84 Å². The fraction of sp³-hybridized carbons (Fsp3) is 0.174. The molecule has 0 radical (unpaired) electrons. The summed E-state index contributed by atoms with van der Waals surface area (Å²) in [5, 5.41) is 2.91. The van der Waals surface area contributed by atoms with Gasteiger partial charge in [0.05, 0.1) is 10.6 Å². The maximum absolute atomic E-state index is 12.6. The fourth-order valence-electron chi connectivity index (χ4n) is 3.05. The van der Waals surface area contributed by atoms with Crippen LogP contribution >= 0.6 is 0 Å². The Bertz CT molecular complexity index is 1090. The smallest absolute Gasteiger partial charge is 0.251 e. The van der Waals surface area contributed by atoms with Crippen molar-refractivity contribution >= 4 is 15.7 Å². The minimum atomic E-state index is -3.45. The molecule has 0 spiro atoms. The molecular formula is C23H23NO3S. The lowest BCUT2D eigenvalue weighted by Crippen LogP contribution is -2.23. The molecule has 3 aromatic carbocycles. The summed E-state index contributed by atoms with van der Waals surface area (Å²) in [4.78, 5) is 12.8. The Morgan fingerprint density at radius 2 is 1.64 bits per heavy atom. The van der Waals surface area contributed by atoms with E-state index in [4.69, 9.17) is 0 Å². The van der Waals surface area contributed by atoms with Gasteiger partial charge >= 0.3 is 0 Å². The van der Waals surface area contributed by atoms with E-state index in [9.17, 15) is 13.2 Å². The topological polar surface area (TPSA) is 63.2 Å². The van der Waals surface area contributed by atoms with Gasteiger partial charge in [-0.25, -0.2) is 8.42 Å². The summed E-state index contributed by atoms with van der Waals surface area (Å²) in [6.07, 6.45) is 0. The molecule has 3 rings (SSSR count). The van der Waals surface area contributed by atoms with E-state index in [1.807, 2.05) is 26.0 Å². The number of sulfone groups is 1. The summed E-state index contributed by atoms with van der Waals surface area (Å²) >= 11 is 0. The quantitative estimate of drug-likeness (QED) is 0.682. The maximum Gasteiger partial charge on any atom is 0.251 e. The van der Waals surface area contributed by atoms with Crippen LogP contribution in [0.1, 0.15) is 32.6 Å². The van der Waals surface area contributed by atoms with Crippen LogP contribution in [0.15, 0.2) is 77.7 Å². The summed E-state index contributed by atoms with van der Waals surface area (Å²) in [7, 11) is -3.45. The predicted molar refractivity (Wildman–Crippen MR) is 111 cm³/mol. The van der Waals surface area contributed by atoms with Crippen LogP contribution in [-0.2, 0) is 22.1 Å². The lowest BCUT2D eigenvalue weighted by Gasteiger charge is -2.10. The average Bonchev–Trinajstić information content (AvgIpc) is 2.67. The summed E-state index contributed by atoms with van der Waals surface area (Å²) in [6.45, 7) is 4.48. The van der Waals surface area contributed by atoms with Gasteiger partial charge in [0.2, 0.25) is 0 Å². The molecule has 0 heterocycles. The van der Waals surface area contributed by atoms with E-state index in [1.54, 1.807) is 54.6 Å². The minimum Gasteiger partial charge on any atom is -0.348 e. The molecule has 28 heavy (non-hydrogen) atoms. The van der Waals surface area contributed by atoms with E-state index in [2.05, 4.69) is 11.4 Å². The van der Waals surface area contributed by atoms with Gasteiger partial charge in [-0.3, -0.25) is 4.79 Å².